The van der Waals surface area contributed by atoms with Gasteiger partial charge in [0.25, 0.3) is 5.97 Å². The zero-order chi connectivity index (χ0) is 16.0. The van der Waals surface area contributed by atoms with Crippen molar-refractivity contribution in [2.75, 3.05) is 0 Å². The average Bonchev–Trinajstić information content (AvgIpc) is 2.89. The molecule has 2 rings (SSSR count). The average molecular weight is 329 g/mol. The van der Waals surface area contributed by atoms with E-state index in [1.807, 2.05) is 18.5 Å². The largest absolute Gasteiger partial charge is 0.481 e. The Morgan fingerprint density at radius 2 is 2.05 bits per heavy atom. The predicted octanol–water partition coefficient (Wildman–Crippen LogP) is 1.73. The first-order chi connectivity index (χ1) is 9.85. The number of nitrogens with zero attached hydrogens (tertiary/aromatic N) is 4. The second-order valence-corrected chi connectivity index (χ2v) is 6.56. The molecule has 0 aliphatic rings. The van der Waals surface area contributed by atoms with Gasteiger partial charge in [0.1, 0.15) is 5.82 Å². The number of hydrogen-bond donors (Lipinski definition) is 2. The normalized spacial score (nSPS) is 10.1. The first kappa shape index (κ1) is 17.6. The molecule has 0 atom stereocenters. The van der Waals surface area contributed by atoms with Crippen LogP contribution in [-0.4, -0.2) is 30.8 Å². The van der Waals surface area contributed by atoms with Gasteiger partial charge < -0.3 is 15.4 Å². The number of carbonyl (C=O) groups is 1. The minimum absolute atomic E-state index is 0.416. The van der Waals surface area contributed by atoms with Crippen LogP contribution in [0.2, 0.25) is 0 Å². The molecule has 0 saturated heterocycles. The smallest absolute Gasteiger partial charge is 0.300 e. The third-order valence-electron chi connectivity index (χ3n) is 2.45. The van der Waals surface area contributed by atoms with Crippen molar-refractivity contribution in [1.29, 1.82) is 0 Å². The van der Waals surface area contributed by atoms with E-state index in [0.29, 0.717) is 6.54 Å². The number of carboxylic acid groups (broad SMARTS) is 1. The van der Waals surface area contributed by atoms with Crippen LogP contribution in [0.1, 0.15) is 28.3 Å². The molecule has 0 aliphatic heterocycles. The highest BCUT2D eigenvalue weighted by Gasteiger charge is 2.10. The second kappa shape index (κ2) is 8.11. The van der Waals surface area contributed by atoms with E-state index in [9.17, 15) is 0 Å². The summed E-state index contributed by atoms with van der Waals surface area (Å²) in [6.07, 6.45) is 0. The fraction of sp³-hybridized carbons (Fsp3) is 0.500. The summed E-state index contributed by atoms with van der Waals surface area (Å²) in [5, 5.41) is 17.5. The van der Waals surface area contributed by atoms with Crippen molar-refractivity contribution in [3.63, 3.8) is 0 Å². The van der Waals surface area contributed by atoms with Crippen molar-refractivity contribution in [3.05, 3.63) is 21.4 Å². The van der Waals surface area contributed by atoms with E-state index >= 15 is 0 Å². The van der Waals surface area contributed by atoms with Gasteiger partial charge in [-0.3, -0.25) is 4.79 Å². The van der Waals surface area contributed by atoms with Crippen LogP contribution in [0.25, 0.3) is 0 Å². The van der Waals surface area contributed by atoms with E-state index in [1.165, 1.54) is 4.88 Å². The molecule has 0 fully saturated rings. The summed E-state index contributed by atoms with van der Waals surface area (Å²) in [6, 6.07) is 0. The third-order valence-corrected chi connectivity index (χ3v) is 4.41. The maximum absolute atomic E-state index is 9.00. The summed E-state index contributed by atoms with van der Waals surface area (Å²) in [5.74, 6) is 0.797. The van der Waals surface area contributed by atoms with Crippen molar-refractivity contribution in [2.24, 2.45) is 12.8 Å². The lowest BCUT2D eigenvalue weighted by atomic mass is 10.4. The zero-order valence-electron chi connectivity index (χ0n) is 12.5. The summed E-state index contributed by atoms with van der Waals surface area (Å²) in [5.41, 5.74) is 6.69. The van der Waals surface area contributed by atoms with E-state index in [1.54, 1.807) is 23.1 Å². The molecule has 0 spiro atoms. The molecule has 0 amide bonds. The molecule has 2 aromatic rings. The summed E-state index contributed by atoms with van der Waals surface area (Å²) < 4.78 is 1.93. The van der Waals surface area contributed by atoms with Gasteiger partial charge in [-0.1, -0.05) is 11.8 Å². The molecule has 2 heterocycles. The number of rotatable bonds is 4. The lowest BCUT2D eigenvalue weighted by Gasteiger charge is -2.01. The number of thiazole rings is 1. The Hall–Kier alpha value is -1.45. The van der Waals surface area contributed by atoms with E-state index < -0.39 is 5.97 Å². The van der Waals surface area contributed by atoms with Crippen molar-refractivity contribution in [2.45, 2.75) is 38.2 Å². The maximum atomic E-state index is 9.00. The van der Waals surface area contributed by atoms with Gasteiger partial charge in [0, 0.05) is 24.6 Å². The molecular weight excluding hydrogens is 310 g/mol. The van der Waals surface area contributed by atoms with Crippen LogP contribution in [0.15, 0.2) is 5.16 Å². The standard InChI is InChI=1S/C10H15N5S2.C2H4O2/c1-6-8(12-7(2)17-6)5-16-10-14-13-9(4-11)15(10)3;1-2(3)4/h4-5,11H2,1-3H3;1H3,(H,3,4). The molecule has 21 heavy (non-hydrogen) atoms. The monoisotopic (exact) mass is 329 g/mol. The van der Waals surface area contributed by atoms with Crippen molar-refractivity contribution in [1.82, 2.24) is 19.7 Å². The van der Waals surface area contributed by atoms with Crippen LogP contribution in [0.5, 0.6) is 0 Å². The second-order valence-electron chi connectivity index (χ2n) is 4.21. The highest BCUT2D eigenvalue weighted by molar-refractivity contribution is 7.98. The van der Waals surface area contributed by atoms with Gasteiger partial charge in [0.2, 0.25) is 0 Å². The molecular formula is C12H19N5O2S2. The summed E-state index contributed by atoms with van der Waals surface area (Å²) in [6.45, 7) is 5.63. The van der Waals surface area contributed by atoms with Gasteiger partial charge >= 0.3 is 0 Å². The molecule has 0 bridgehead atoms. The minimum Gasteiger partial charge on any atom is -0.481 e. The van der Waals surface area contributed by atoms with E-state index in [0.717, 1.165) is 34.4 Å². The zero-order valence-corrected chi connectivity index (χ0v) is 14.1. The number of aryl methyl sites for hydroxylation is 2. The fourth-order valence-corrected chi connectivity index (χ4v) is 3.36. The lowest BCUT2D eigenvalue weighted by molar-refractivity contribution is -0.134. The van der Waals surface area contributed by atoms with Gasteiger partial charge in [0.15, 0.2) is 5.16 Å². The summed E-state index contributed by atoms with van der Waals surface area (Å²) in [7, 11) is 1.93. The molecule has 2 aromatic heterocycles. The Morgan fingerprint density at radius 1 is 1.43 bits per heavy atom. The molecule has 0 aliphatic carbocycles. The number of thioether (sulfide) groups is 1. The molecule has 116 valence electrons. The van der Waals surface area contributed by atoms with Crippen molar-refractivity contribution < 1.29 is 9.90 Å². The molecule has 0 aromatic carbocycles. The fourth-order valence-electron chi connectivity index (χ4n) is 1.49. The molecule has 0 saturated carbocycles. The topological polar surface area (TPSA) is 107 Å². The van der Waals surface area contributed by atoms with Crippen LogP contribution in [0, 0.1) is 13.8 Å². The van der Waals surface area contributed by atoms with Crippen LogP contribution >= 0.6 is 23.1 Å². The number of carboxylic acids is 1. The third kappa shape index (κ3) is 5.44. The Balaban J connectivity index is 0.000000491. The minimum atomic E-state index is -0.833. The first-order valence-electron chi connectivity index (χ1n) is 6.18. The number of hydrogen-bond acceptors (Lipinski definition) is 7. The Kier molecular flexibility index (Phi) is 6.79. The molecule has 3 N–H and O–H groups in total. The number of aromatic nitrogens is 4. The van der Waals surface area contributed by atoms with Crippen LogP contribution in [0.3, 0.4) is 0 Å². The summed E-state index contributed by atoms with van der Waals surface area (Å²) in [4.78, 5) is 14.8. The molecule has 7 nitrogen and oxygen atoms in total. The lowest BCUT2D eigenvalue weighted by Crippen LogP contribution is -2.05. The van der Waals surface area contributed by atoms with Crippen LogP contribution in [-0.2, 0) is 24.1 Å². The van der Waals surface area contributed by atoms with Gasteiger partial charge in [-0.05, 0) is 13.8 Å². The quantitative estimate of drug-likeness (QED) is 0.822. The number of nitrogens with two attached hydrogens (primary N) is 1. The molecule has 9 heteroatoms. The highest BCUT2D eigenvalue weighted by atomic mass is 32.2. The highest BCUT2D eigenvalue weighted by Crippen LogP contribution is 2.25. The van der Waals surface area contributed by atoms with Crippen LogP contribution in [0.4, 0.5) is 0 Å². The predicted molar refractivity (Wildman–Crippen MR) is 83.4 cm³/mol. The van der Waals surface area contributed by atoms with Crippen LogP contribution < -0.4 is 5.73 Å². The maximum Gasteiger partial charge on any atom is 0.300 e. The first-order valence-corrected chi connectivity index (χ1v) is 7.99. The Morgan fingerprint density at radius 3 is 2.48 bits per heavy atom. The van der Waals surface area contributed by atoms with E-state index in [2.05, 4.69) is 22.1 Å². The van der Waals surface area contributed by atoms with Gasteiger partial charge in [-0.15, -0.1) is 21.5 Å². The Labute approximate surface area is 131 Å². The Bertz CT molecular complexity index is 605. The van der Waals surface area contributed by atoms with Crippen molar-refractivity contribution >= 4 is 29.1 Å². The number of aliphatic carboxylic acids is 1. The van der Waals surface area contributed by atoms with E-state index in [-0.39, 0.29) is 0 Å². The van der Waals surface area contributed by atoms with Gasteiger partial charge in [-0.25, -0.2) is 4.98 Å². The van der Waals surface area contributed by atoms with E-state index in [4.69, 9.17) is 15.6 Å². The summed E-state index contributed by atoms with van der Waals surface area (Å²) >= 11 is 3.37. The molecule has 0 radical (unpaired) electrons. The SMILES string of the molecule is CC(=O)O.Cc1nc(CSc2nnc(CN)n2C)c(C)s1. The van der Waals surface area contributed by atoms with Crippen molar-refractivity contribution in [3.8, 4) is 0 Å². The van der Waals surface area contributed by atoms with Gasteiger partial charge in [-0.2, -0.15) is 0 Å². The molecule has 0 unspecified atom stereocenters. The van der Waals surface area contributed by atoms with Gasteiger partial charge in [0.05, 0.1) is 17.2 Å².